The van der Waals surface area contributed by atoms with Crippen molar-refractivity contribution in [2.24, 2.45) is 0 Å². The lowest BCUT2D eigenvalue weighted by molar-refractivity contribution is 0.0984. The van der Waals surface area contributed by atoms with Crippen molar-refractivity contribution in [3.63, 3.8) is 0 Å². The first-order chi connectivity index (χ1) is 9.05. The third-order valence-corrected chi connectivity index (χ3v) is 4.66. The molecule has 98 valence electrons. The van der Waals surface area contributed by atoms with Crippen LogP contribution in [0, 0.1) is 0 Å². The smallest absolute Gasteiger partial charge is 0.254 e. The summed E-state index contributed by atoms with van der Waals surface area (Å²) in [5.74, 6) is -0.284. The van der Waals surface area contributed by atoms with Crippen LogP contribution in [0.3, 0.4) is 0 Å². The number of nitrogens with one attached hydrogen (secondary N) is 1. The molecule has 1 N–H and O–H groups in total. The van der Waals surface area contributed by atoms with Gasteiger partial charge in [0, 0.05) is 5.56 Å². The van der Waals surface area contributed by atoms with Gasteiger partial charge in [-0.1, -0.05) is 18.2 Å². The van der Waals surface area contributed by atoms with Gasteiger partial charge in [-0.15, -0.1) is 0 Å². The molecule has 1 atom stereocenters. The molecule has 6 heteroatoms. The highest BCUT2D eigenvalue weighted by Crippen LogP contribution is 2.20. The summed E-state index contributed by atoms with van der Waals surface area (Å²) in [7, 11) is -1.42. The quantitative estimate of drug-likeness (QED) is 0.881. The Balaban J connectivity index is 2.40. The first-order valence-corrected chi connectivity index (χ1v) is 7.53. The maximum atomic E-state index is 12.3. The summed E-state index contributed by atoms with van der Waals surface area (Å²) in [6, 6.07) is 14.0. The van der Waals surface area contributed by atoms with Crippen molar-refractivity contribution < 1.29 is 13.2 Å². The SMILES string of the molecule is O=C(NP)c1ccc(S(=O)(=O)c2ccccc2)cc1. The Labute approximate surface area is 114 Å². The van der Waals surface area contributed by atoms with Crippen LogP contribution in [0.2, 0.25) is 0 Å². The Bertz CT molecular complexity index is 682. The summed E-state index contributed by atoms with van der Waals surface area (Å²) in [6.45, 7) is 0. The van der Waals surface area contributed by atoms with E-state index in [-0.39, 0.29) is 15.7 Å². The lowest BCUT2D eigenvalue weighted by Crippen LogP contribution is -2.11. The molecule has 0 aliphatic carbocycles. The van der Waals surface area contributed by atoms with Gasteiger partial charge >= 0.3 is 0 Å². The molecule has 0 bridgehead atoms. The number of benzene rings is 2. The molecule has 0 saturated carbocycles. The molecule has 0 heterocycles. The van der Waals surface area contributed by atoms with Gasteiger partial charge in [-0.05, 0) is 45.8 Å². The van der Waals surface area contributed by atoms with Crippen LogP contribution in [-0.2, 0) is 9.84 Å². The van der Waals surface area contributed by atoms with Crippen molar-refractivity contribution in [1.29, 1.82) is 0 Å². The first kappa shape index (κ1) is 13.7. The maximum absolute atomic E-state index is 12.3. The summed E-state index contributed by atoms with van der Waals surface area (Å²) in [4.78, 5) is 11.8. The molecule has 2 aromatic rings. The molecule has 0 saturated heterocycles. The second-order valence-electron chi connectivity index (χ2n) is 3.81. The number of rotatable bonds is 3. The zero-order chi connectivity index (χ0) is 13.9. The van der Waals surface area contributed by atoms with Crippen molar-refractivity contribution in [3.8, 4) is 0 Å². The molecule has 1 amide bonds. The van der Waals surface area contributed by atoms with E-state index in [2.05, 4.69) is 14.5 Å². The largest absolute Gasteiger partial charge is 0.337 e. The summed E-state index contributed by atoms with van der Waals surface area (Å²) >= 11 is 0. The zero-order valence-electron chi connectivity index (χ0n) is 9.91. The van der Waals surface area contributed by atoms with Crippen molar-refractivity contribution in [3.05, 3.63) is 60.2 Å². The average molecular weight is 293 g/mol. The molecule has 2 aromatic carbocycles. The third-order valence-electron chi connectivity index (χ3n) is 2.61. The van der Waals surface area contributed by atoms with E-state index in [1.807, 2.05) is 0 Å². The second-order valence-corrected chi connectivity index (χ2v) is 6.05. The van der Waals surface area contributed by atoms with Gasteiger partial charge in [-0.3, -0.25) is 4.79 Å². The Kier molecular flexibility index (Phi) is 3.98. The van der Waals surface area contributed by atoms with Gasteiger partial charge in [-0.25, -0.2) is 8.42 Å². The number of sulfone groups is 1. The molecule has 0 fully saturated rings. The molecule has 0 spiro atoms. The van der Waals surface area contributed by atoms with E-state index in [1.165, 1.54) is 24.3 Å². The van der Waals surface area contributed by atoms with Crippen LogP contribution in [0.25, 0.3) is 0 Å². The highest BCUT2D eigenvalue weighted by atomic mass is 32.2. The standard InChI is InChI=1S/C13H12NO3PS/c15-13(14-18)10-6-8-12(9-7-10)19(16,17)11-4-2-1-3-5-11/h1-9H,18H2,(H,14,15). The van der Waals surface area contributed by atoms with Crippen molar-refractivity contribution in [2.45, 2.75) is 9.79 Å². The molecule has 1 unspecified atom stereocenters. The summed E-state index contributed by atoms with van der Waals surface area (Å²) in [5, 5.41) is 2.40. The van der Waals surface area contributed by atoms with Crippen LogP contribution in [-0.4, -0.2) is 14.3 Å². The van der Waals surface area contributed by atoms with Gasteiger partial charge < -0.3 is 5.09 Å². The molecule has 19 heavy (non-hydrogen) atoms. The number of hydrogen-bond acceptors (Lipinski definition) is 3. The maximum Gasteiger partial charge on any atom is 0.254 e. The van der Waals surface area contributed by atoms with Gasteiger partial charge in [0.15, 0.2) is 0 Å². The predicted octanol–water partition coefficient (Wildman–Crippen LogP) is 2.04. The summed E-state index contributed by atoms with van der Waals surface area (Å²) < 4.78 is 24.6. The minimum atomic E-state index is -3.53. The van der Waals surface area contributed by atoms with Crippen molar-refractivity contribution >= 4 is 25.1 Å². The number of amides is 1. The van der Waals surface area contributed by atoms with E-state index in [1.54, 1.807) is 30.3 Å². The van der Waals surface area contributed by atoms with Crippen molar-refractivity contribution in [2.75, 3.05) is 0 Å². The Morgan fingerprint density at radius 2 is 1.42 bits per heavy atom. The molecule has 0 radical (unpaired) electrons. The monoisotopic (exact) mass is 293 g/mol. The Hall–Kier alpha value is -1.71. The number of carbonyl (C=O) groups is 1. The number of hydrogen-bond donors (Lipinski definition) is 1. The van der Waals surface area contributed by atoms with Gasteiger partial charge in [-0.2, -0.15) is 0 Å². The summed E-state index contributed by atoms with van der Waals surface area (Å²) in [6.07, 6.45) is 0. The molecule has 4 nitrogen and oxygen atoms in total. The highest BCUT2D eigenvalue weighted by molar-refractivity contribution is 7.91. The minimum absolute atomic E-state index is 0.166. The van der Waals surface area contributed by atoms with Crippen molar-refractivity contribution in [1.82, 2.24) is 5.09 Å². The minimum Gasteiger partial charge on any atom is -0.337 e. The van der Waals surface area contributed by atoms with Gasteiger partial charge in [0.1, 0.15) is 0 Å². The third kappa shape index (κ3) is 2.83. The molecular formula is C13H12NO3PS. The van der Waals surface area contributed by atoms with Gasteiger partial charge in [0.25, 0.3) is 5.91 Å². The van der Waals surface area contributed by atoms with Gasteiger partial charge in [0.05, 0.1) is 9.79 Å². The van der Waals surface area contributed by atoms with E-state index in [0.717, 1.165) is 0 Å². The fraction of sp³-hybridized carbons (Fsp3) is 0. The van der Waals surface area contributed by atoms with Crippen LogP contribution in [0.5, 0.6) is 0 Å². The van der Waals surface area contributed by atoms with Crippen LogP contribution < -0.4 is 5.09 Å². The van der Waals surface area contributed by atoms with E-state index >= 15 is 0 Å². The lowest BCUT2D eigenvalue weighted by Gasteiger charge is -2.05. The van der Waals surface area contributed by atoms with Crippen LogP contribution in [0.15, 0.2) is 64.4 Å². The molecule has 0 aromatic heterocycles. The van der Waals surface area contributed by atoms with Crippen LogP contribution in [0.1, 0.15) is 10.4 Å². The lowest BCUT2D eigenvalue weighted by atomic mass is 10.2. The van der Waals surface area contributed by atoms with Crippen LogP contribution in [0.4, 0.5) is 0 Å². The molecular weight excluding hydrogens is 281 g/mol. The summed E-state index contributed by atoms with van der Waals surface area (Å²) in [5.41, 5.74) is 0.405. The molecule has 2 rings (SSSR count). The Morgan fingerprint density at radius 1 is 0.895 bits per heavy atom. The second kappa shape index (κ2) is 5.51. The predicted molar refractivity (Wildman–Crippen MR) is 75.5 cm³/mol. The first-order valence-electron chi connectivity index (χ1n) is 5.47. The normalized spacial score (nSPS) is 11.0. The van der Waals surface area contributed by atoms with E-state index in [4.69, 9.17) is 0 Å². The van der Waals surface area contributed by atoms with Crippen LogP contribution >= 0.6 is 9.39 Å². The molecule has 0 aliphatic rings. The Morgan fingerprint density at radius 3 is 1.95 bits per heavy atom. The average Bonchev–Trinajstić information content (AvgIpc) is 2.47. The van der Waals surface area contributed by atoms with Gasteiger partial charge in [0.2, 0.25) is 9.84 Å². The van der Waals surface area contributed by atoms with E-state index in [9.17, 15) is 13.2 Å². The fourth-order valence-corrected chi connectivity index (χ4v) is 3.05. The van der Waals surface area contributed by atoms with E-state index in [0.29, 0.717) is 5.56 Å². The zero-order valence-corrected chi connectivity index (χ0v) is 11.9. The fourth-order valence-electron chi connectivity index (χ4n) is 1.60. The topological polar surface area (TPSA) is 63.2 Å². The highest BCUT2D eigenvalue weighted by Gasteiger charge is 2.17. The van der Waals surface area contributed by atoms with E-state index < -0.39 is 9.84 Å². The molecule has 0 aliphatic heterocycles. The number of carbonyl (C=O) groups excluding carboxylic acids is 1.